The average molecular weight is 474 g/mol. The predicted molar refractivity (Wildman–Crippen MR) is 122 cm³/mol. The van der Waals surface area contributed by atoms with E-state index in [4.69, 9.17) is 20.8 Å². The molecule has 0 spiro atoms. The zero-order valence-corrected chi connectivity index (χ0v) is 19.4. The van der Waals surface area contributed by atoms with E-state index in [9.17, 15) is 14.4 Å². The fraction of sp³-hybridized carbons (Fsp3) is 0.458. The van der Waals surface area contributed by atoms with Gasteiger partial charge in [0.25, 0.3) is 5.91 Å². The number of hydrogen-bond acceptors (Lipinski definition) is 6. The Kier molecular flexibility index (Phi) is 7.35. The Morgan fingerprint density at radius 3 is 2.27 bits per heavy atom. The van der Waals surface area contributed by atoms with E-state index in [1.54, 1.807) is 23.1 Å². The Labute approximate surface area is 198 Å². The lowest BCUT2D eigenvalue weighted by Gasteiger charge is -2.40. The van der Waals surface area contributed by atoms with Crippen LogP contribution in [-0.4, -0.2) is 78.9 Å². The van der Waals surface area contributed by atoms with Crippen molar-refractivity contribution in [1.29, 1.82) is 0 Å². The monoisotopic (exact) mass is 473 g/mol. The Hall–Kier alpha value is -2.84. The number of methoxy groups -OCH3 is 1. The first-order valence-corrected chi connectivity index (χ1v) is 11.5. The van der Waals surface area contributed by atoms with Crippen molar-refractivity contribution in [3.63, 3.8) is 0 Å². The minimum absolute atomic E-state index is 0.0998. The summed E-state index contributed by atoms with van der Waals surface area (Å²) in [4.78, 5) is 43.7. The number of carbonyl (C=O) groups is 3. The summed E-state index contributed by atoms with van der Waals surface area (Å²) < 4.78 is 10.2. The molecule has 2 aromatic rings. The van der Waals surface area contributed by atoms with Crippen LogP contribution in [0, 0.1) is 5.92 Å². The number of rotatable bonds is 5. The van der Waals surface area contributed by atoms with Crippen LogP contribution in [-0.2, 0) is 14.3 Å². The molecule has 176 valence electrons. The lowest BCUT2D eigenvalue weighted by atomic mass is 9.94. The van der Waals surface area contributed by atoms with Crippen molar-refractivity contribution in [2.45, 2.75) is 18.9 Å². The number of piperidine rings is 1. The molecule has 0 radical (unpaired) electrons. The minimum Gasteiger partial charge on any atom is -0.468 e. The summed E-state index contributed by atoms with van der Waals surface area (Å²) in [6.07, 6.45) is 2.76. The third-order valence-corrected chi connectivity index (χ3v) is 6.82. The van der Waals surface area contributed by atoms with Crippen molar-refractivity contribution in [2.75, 3.05) is 46.4 Å². The number of likely N-dealkylation sites (tertiary alicyclic amines) is 1. The number of piperazine rings is 1. The number of benzene rings is 1. The molecule has 0 N–H and O–H groups in total. The second kappa shape index (κ2) is 10.4. The quantitative estimate of drug-likeness (QED) is 0.621. The van der Waals surface area contributed by atoms with Gasteiger partial charge in [0.2, 0.25) is 5.91 Å². The van der Waals surface area contributed by atoms with E-state index >= 15 is 0 Å². The highest BCUT2D eigenvalue weighted by atomic mass is 35.5. The zero-order valence-electron chi connectivity index (χ0n) is 18.6. The van der Waals surface area contributed by atoms with E-state index in [1.807, 2.05) is 28.0 Å². The molecule has 2 fully saturated rings. The van der Waals surface area contributed by atoms with Gasteiger partial charge in [-0.25, -0.2) is 4.79 Å². The predicted octanol–water partition coefficient (Wildman–Crippen LogP) is 2.84. The Balaban J connectivity index is 1.33. The van der Waals surface area contributed by atoms with Crippen molar-refractivity contribution in [1.82, 2.24) is 14.7 Å². The third kappa shape index (κ3) is 5.07. The second-order valence-corrected chi connectivity index (χ2v) is 8.76. The molecule has 4 rings (SSSR count). The molecule has 1 aromatic carbocycles. The maximum absolute atomic E-state index is 13.1. The van der Waals surface area contributed by atoms with Gasteiger partial charge in [-0.05, 0) is 36.6 Å². The van der Waals surface area contributed by atoms with Gasteiger partial charge in [0.1, 0.15) is 6.04 Å². The van der Waals surface area contributed by atoms with Crippen LogP contribution in [0.3, 0.4) is 0 Å². The van der Waals surface area contributed by atoms with Crippen LogP contribution in [0.2, 0.25) is 5.02 Å². The number of amides is 2. The molecule has 0 saturated carbocycles. The SMILES string of the molecule is COC(=O)[C@H](c1ccccc1Cl)N1CCN(C(=O)C2CCN(C(=O)c3ccco3)CC2)CC1. The van der Waals surface area contributed by atoms with Gasteiger partial charge >= 0.3 is 5.97 Å². The van der Waals surface area contributed by atoms with Crippen LogP contribution in [0.4, 0.5) is 0 Å². The molecular formula is C24H28ClN3O5. The molecule has 2 aliphatic heterocycles. The summed E-state index contributed by atoms with van der Waals surface area (Å²) in [5, 5.41) is 0.516. The van der Waals surface area contributed by atoms with Gasteiger partial charge in [-0.1, -0.05) is 29.8 Å². The molecule has 2 aliphatic rings. The number of ether oxygens (including phenoxy) is 1. The molecule has 0 aliphatic carbocycles. The highest BCUT2D eigenvalue weighted by Crippen LogP contribution is 2.30. The second-order valence-electron chi connectivity index (χ2n) is 8.35. The normalized spacial score (nSPS) is 18.7. The van der Waals surface area contributed by atoms with E-state index in [0.717, 1.165) is 0 Å². The lowest BCUT2D eigenvalue weighted by Crippen LogP contribution is -2.53. The van der Waals surface area contributed by atoms with Crippen LogP contribution in [0.25, 0.3) is 0 Å². The van der Waals surface area contributed by atoms with E-state index in [2.05, 4.69) is 0 Å². The van der Waals surface area contributed by atoms with Crippen LogP contribution in [0.15, 0.2) is 47.1 Å². The summed E-state index contributed by atoms with van der Waals surface area (Å²) in [5.74, 6) is -0.150. The van der Waals surface area contributed by atoms with E-state index in [0.29, 0.717) is 68.5 Å². The zero-order chi connectivity index (χ0) is 23.4. The standard InChI is InChI=1S/C24H28ClN3O5/c1-32-24(31)21(18-5-2-3-6-19(18)25)26-12-14-28(15-13-26)22(29)17-8-10-27(11-9-17)23(30)20-7-4-16-33-20/h2-7,16-17,21H,8-15H2,1H3/t21-/m0/s1. The van der Waals surface area contributed by atoms with E-state index < -0.39 is 6.04 Å². The first kappa shape index (κ1) is 23.3. The van der Waals surface area contributed by atoms with Gasteiger partial charge in [0.05, 0.1) is 13.4 Å². The summed E-state index contributed by atoms with van der Waals surface area (Å²) >= 11 is 6.35. The minimum atomic E-state index is -0.600. The van der Waals surface area contributed by atoms with Gasteiger partial charge < -0.3 is 19.0 Å². The van der Waals surface area contributed by atoms with E-state index in [1.165, 1.54) is 13.4 Å². The smallest absolute Gasteiger partial charge is 0.327 e. The van der Waals surface area contributed by atoms with Crippen LogP contribution >= 0.6 is 11.6 Å². The number of esters is 1. The van der Waals surface area contributed by atoms with Crippen LogP contribution < -0.4 is 0 Å². The molecule has 1 aromatic heterocycles. The van der Waals surface area contributed by atoms with Gasteiger partial charge in [-0.2, -0.15) is 0 Å². The third-order valence-electron chi connectivity index (χ3n) is 6.48. The molecule has 9 heteroatoms. The largest absolute Gasteiger partial charge is 0.468 e. The average Bonchev–Trinajstić information content (AvgIpc) is 3.40. The highest BCUT2D eigenvalue weighted by Gasteiger charge is 2.36. The van der Waals surface area contributed by atoms with Crippen molar-refractivity contribution in [3.8, 4) is 0 Å². The summed E-state index contributed by atoms with van der Waals surface area (Å²) in [6.45, 7) is 3.23. The maximum Gasteiger partial charge on any atom is 0.327 e. The van der Waals surface area contributed by atoms with Gasteiger partial charge in [-0.3, -0.25) is 14.5 Å². The van der Waals surface area contributed by atoms with Gasteiger partial charge in [0, 0.05) is 50.2 Å². The number of halogens is 1. The number of carbonyl (C=O) groups excluding carboxylic acids is 3. The molecule has 8 nitrogen and oxygen atoms in total. The van der Waals surface area contributed by atoms with Crippen LogP contribution in [0.5, 0.6) is 0 Å². The van der Waals surface area contributed by atoms with Gasteiger partial charge in [0.15, 0.2) is 5.76 Å². The fourth-order valence-corrected chi connectivity index (χ4v) is 4.86. The molecule has 0 unspecified atom stereocenters. The topological polar surface area (TPSA) is 83.3 Å². The molecule has 1 atom stereocenters. The Morgan fingerprint density at radius 1 is 0.970 bits per heavy atom. The molecule has 0 bridgehead atoms. The fourth-order valence-electron chi connectivity index (χ4n) is 4.63. The van der Waals surface area contributed by atoms with Crippen molar-refractivity contribution < 1.29 is 23.5 Å². The number of nitrogens with zero attached hydrogens (tertiary/aromatic N) is 3. The van der Waals surface area contributed by atoms with Crippen molar-refractivity contribution >= 4 is 29.4 Å². The number of hydrogen-bond donors (Lipinski definition) is 0. The highest BCUT2D eigenvalue weighted by molar-refractivity contribution is 6.31. The van der Waals surface area contributed by atoms with Crippen molar-refractivity contribution in [2.24, 2.45) is 5.92 Å². The first-order valence-electron chi connectivity index (χ1n) is 11.2. The molecule has 2 amide bonds. The van der Waals surface area contributed by atoms with Crippen LogP contribution in [0.1, 0.15) is 35.0 Å². The summed E-state index contributed by atoms with van der Waals surface area (Å²) in [6, 6.07) is 10.0. The number of furan rings is 1. The molecule has 3 heterocycles. The Bertz CT molecular complexity index is 980. The first-order chi connectivity index (χ1) is 16.0. The Morgan fingerprint density at radius 2 is 1.67 bits per heavy atom. The van der Waals surface area contributed by atoms with Crippen molar-refractivity contribution in [3.05, 3.63) is 59.0 Å². The van der Waals surface area contributed by atoms with Gasteiger partial charge in [-0.15, -0.1) is 0 Å². The lowest BCUT2D eigenvalue weighted by molar-refractivity contribution is -0.149. The van der Waals surface area contributed by atoms with E-state index in [-0.39, 0.29) is 23.7 Å². The maximum atomic E-state index is 13.1. The molecular weight excluding hydrogens is 446 g/mol. The summed E-state index contributed by atoms with van der Waals surface area (Å²) in [7, 11) is 1.37. The molecule has 33 heavy (non-hydrogen) atoms. The summed E-state index contributed by atoms with van der Waals surface area (Å²) in [5.41, 5.74) is 0.708. The molecule has 2 saturated heterocycles.